The summed E-state index contributed by atoms with van der Waals surface area (Å²) in [6, 6.07) is 13.0. The number of nitrogens with zero attached hydrogens (tertiary/aromatic N) is 4. The maximum absolute atomic E-state index is 13.6. The lowest BCUT2D eigenvalue weighted by Gasteiger charge is -2.42. The molecule has 1 aromatic heterocycles. The number of piperazine rings is 1. The summed E-state index contributed by atoms with van der Waals surface area (Å²) >= 11 is 0. The molecule has 1 aliphatic rings. The Balaban J connectivity index is 1.70. The van der Waals surface area contributed by atoms with E-state index in [2.05, 4.69) is 14.7 Å². The van der Waals surface area contributed by atoms with Crippen LogP contribution < -0.4 is 18.9 Å². The van der Waals surface area contributed by atoms with Crippen molar-refractivity contribution >= 4 is 27.9 Å². The number of aliphatic carboxylic acids is 1. The van der Waals surface area contributed by atoms with Crippen LogP contribution in [-0.4, -0.2) is 90.0 Å². The molecule has 15 heteroatoms. The number of carbonyl (C=O) groups excluding carboxylic acids is 1. The highest BCUT2D eigenvalue weighted by atomic mass is 32.2. The Morgan fingerprint density at radius 1 is 0.875 bits per heavy atom. The Bertz CT molecular complexity index is 1730. The highest BCUT2D eigenvalue weighted by Crippen LogP contribution is 2.41. The number of aromatic nitrogens is 2. The molecule has 1 atom stereocenters. The smallest absolute Gasteiger partial charge is 0.410 e. The summed E-state index contributed by atoms with van der Waals surface area (Å²) in [6.07, 6.45) is 0.529. The number of anilines is 1. The van der Waals surface area contributed by atoms with E-state index in [0.717, 1.165) is 11.9 Å². The zero-order valence-corrected chi connectivity index (χ0v) is 29.3. The summed E-state index contributed by atoms with van der Waals surface area (Å²) in [5, 5.41) is 10.4. The fraction of sp³-hybridized carbons (Fsp3) is 0.455. The van der Waals surface area contributed by atoms with Gasteiger partial charge in [-0.2, -0.15) is 4.98 Å². The highest BCUT2D eigenvalue weighted by molar-refractivity contribution is 7.92. The molecule has 260 valence electrons. The zero-order chi connectivity index (χ0) is 35.5. The highest BCUT2D eigenvalue weighted by Gasteiger charge is 2.46. The van der Waals surface area contributed by atoms with Crippen molar-refractivity contribution in [3.05, 3.63) is 60.4 Å². The number of carboxylic acid groups (broad SMARTS) is 1. The normalized spacial score (nSPS) is 15.6. The number of methoxy groups -OCH3 is 1. The molecule has 1 unspecified atom stereocenters. The number of carboxylic acids is 1. The molecule has 0 bridgehead atoms. The molecular weight excluding hydrogens is 642 g/mol. The molecule has 2 aromatic carbocycles. The Labute approximate surface area is 281 Å². The molecule has 0 saturated carbocycles. The fourth-order valence-corrected chi connectivity index (χ4v) is 5.81. The van der Waals surface area contributed by atoms with Gasteiger partial charge in [0.25, 0.3) is 21.6 Å². The SMILES string of the molecule is COc1ccccc1Oc1c(NS(=O)(=O)c2ccc(C(C)(C)C)cc2)ncnc1OC(C)(C(=O)O)N1CCN(C(=O)OC(C)(C)C)CC1. The maximum atomic E-state index is 13.6. The first-order chi connectivity index (χ1) is 22.3. The number of hydrogen-bond acceptors (Lipinski definition) is 11. The van der Waals surface area contributed by atoms with E-state index in [1.807, 2.05) is 20.8 Å². The number of carbonyl (C=O) groups is 2. The maximum Gasteiger partial charge on any atom is 0.410 e. The minimum Gasteiger partial charge on any atom is -0.493 e. The lowest BCUT2D eigenvalue weighted by Crippen LogP contribution is -2.63. The van der Waals surface area contributed by atoms with E-state index < -0.39 is 33.4 Å². The molecule has 0 spiro atoms. The molecule has 1 amide bonds. The molecule has 1 saturated heterocycles. The summed E-state index contributed by atoms with van der Waals surface area (Å²) in [6.45, 7) is 13.3. The van der Waals surface area contributed by atoms with Gasteiger partial charge in [0.1, 0.15) is 11.9 Å². The number of hydrogen-bond donors (Lipinski definition) is 2. The zero-order valence-electron chi connectivity index (χ0n) is 28.4. The van der Waals surface area contributed by atoms with Crippen LogP contribution in [0.15, 0.2) is 59.8 Å². The van der Waals surface area contributed by atoms with Gasteiger partial charge in [0.15, 0.2) is 17.3 Å². The third kappa shape index (κ3) is 8.44. The van der Waals surface area contributed by atoms with Gasteiger partial charge in [0.05, 0.1) is 12.0 Å². The van der Waals surface area contributed by atoms with Crippen LogP contribution in [0.25, 0.3) is 0 Å². The van der Waals surface area contributed by atoms with Gasteiger partial charge in [-0.15, -0.1) is 0 Å². The van der Waals surface area contributed by atoms with Crippen molar-refractivity contribution in [2.24, 2.45) is 0 Å². The largest absolute Gasteiger partial charge is 0.493 e. The van der Waals surface area contributed by atoms with E-state index in [4.69, 9.17) is 18.9 Å². The monoisotopic (exact) mass is 685 g/mol. The second kappa shape index (κ2) is 13.8. The molecule has 2 heterocycles. The molecule has 1 aliphatic heterocycles. The van der Waals surface area contributed by atoms with Gasteiger partial charge in [-0.1, -0.05) is 45.0 Å². The standard InChI is InChI=1S/C33H43N5O9S/c1-31(2,3)22-13-15-23(16-14-22)48(42,43)36-27-26(45-25-12-10-9-11-24(25)44-8)28(35-21-34-27)46-33(7,29(39)40)38-19-17-37(18-20-38)30(41)47-32(4,5)6/h9-16,21H,17-20H2,1-8H3,(H,39,40)(H,34,35,36). The van der Waals surface area contributed by atoms with Gasteiger partial charge in [-0.3, -0.25) is 9.62 Å². The summed E-state index contributed by atoms with van der Waals surface area (Å²) in [7, 11) is -2.78. The van der Waals surface area contributed by atoms with Crippen molar-refractivity contribution < 1.29 is 42.1 Å². The van der Waals surface area contributed by atoms with Gasteiger partial charge in [-0.25, -0.2) is 23.0 Å². The third-order valence-electron chi connectivity index (χ3n) is 7.54. The van der Waals surface area contributed by atoms with Crippen LogP contribution in [0, 0.1) is 0 Å². The molecular formula is C33H43N5O9S. The van der Waals surface area contributed by atoms with Crippen LogP contribution in [0.5, 0.6) is 23.1 Å². The molecule has 3 aromatic rings. The van der Waals surface area contributed by atoms with Crippen LogP contribution in [-0.2, 0) is 25.0 Å². The second-order valence-corrected chi connectivity index (χ2v) is 15.0. The summed E-state index contributed by atoms with van der Waals surface area (Å²) in [4.78, 5) is 36.7. The van der Waals surface area contributed by atoms with Crippen LogP contribution in [0.1, 0.15) is 54.0 Å². The van der Waals surface area contributed by atoms with Gasteiger partial charge in [-0.05, 0) is 56.0 Å². The second-order valence-electron chi connectivity index (χ2n) is 13.3. The average Bonchev–Trinajstić information content (AvgIpc) is 3.01. The van der Waals surface area contributed by atoms with Crippen molar-refractivity contribution in [3.63, 3.8) is 0 Å². The summed E-state index contributed by atoms with van der Waals surface area (Å²) in [5.41, 5.74) is -1.96. The molecule has 0 radical (unpaired) electrons. The molecule has 48 heavy (non-hydrogen) atoms. The van der Waals surface area contributed by atoms with E-state index in [9.17, 15) is 23.1 Å². The van der Waals surface area contributed by atoms with Crippen LogP contribution >= 0.6 is 0 Å². The Kier molecular flexibility index (Phi) is 10.4. The number of benzene rings is 2. The molecule has 14 nitrogen and oxygen atoms in total. The fourth-order valence-electron chi connectivity index (χ4n) is 4.80. The minimum absolute atomic E-state index is 0.0296. The number of sulfonamides is 1. The first-order valence-corrected chi connectivity index (χ1v) is 16.8. The van der Waals surface area contributed by atoms with E-state index in [1.165, 1.54) is 36.0 Å². The first-order valence-electron chi connectivity index (χ1n) is 15.3. The Hall–Kier alpha value is -4.63. The predicted octanol–water partition coefficient (Wildman–Crippen LogP) is 5.11. The van der Waals surface area contributed by atoms with E-state index in [0.29, 0.717) is 5.75 Å². The Morgan fingerprint density at radius 2 is 1.48 bits per heavy atom. The number of ether oxygens (including phenoxy) is 4. The van der Waals surface area contributed by atoms with Crippen molar-refractivity contribution in [1.82, 2.24) is 19.8 Å². The predicted molar refractivity (Wildman–Crippen MR) is 177 cm³/mol. The van der Waals surface area contributed by atoms with Crippen molar-refractivity contribution in [2.45, 2.75) is 70.1 Å². The van der Waals surface area contributed by atoms with Crippen molar-refractivity contribution in [3.8, 4) is 23.1 Å². The number of nitrogens with one attached hydrogen (secondary N) is 1. The van der Waals surface area contributed by atoms with Crippen LogP contribution in [0.2, 0.25) is 0 Å². The molecule has 0 aliphatic carbocycles. The number of para-hydroxylation sites is 2. The van der Waals surface area contributed by atoms with Crippen LogP contribution in [0.3, 0.4) is 0 Å². The molecule has 2 N–H and O–H groups in total. The van der Waals surface area contributed by atoms with Crippen molar-refractivity contribution in [1.29, 1.82) is 0 Å². The summed E-state index contributed by atoms with van der Waals surface area (Å²) < 4.78 is 52.7. The summed E-state index contributed by atoms with van der Waals surface area (Å²) in [5.74, 6) is -1.83. The number of amides is 1. The minimum atomic E-state index is -4.21. The van der Waals surface area contributed by atoms with E-state index in [1.54, 1.807) is 57.2 Å². The lowest BCUT2D eigenvalue weighted by molar-refractivity contribution is -0.176. The van der Waals surface area contributed by atoms with Gasteiger partial charge in [0.2, 0.25) is 5.75 Å². The van der Waals surface area contributed by atoms with Crippen LogP contribution in [0.4, 0.5) is 10.6 Å². The van der Waals surface area contributed by atoms with Gasteiger partial charge >= 0.3 is 12.1 Å². The quantitative estimate of drug-likeness (QED) is 0.290. The van der Waals surface area contributed by atoms with Crippen molar-refractivity contribution in [2.75, 3.05) is 38.0 Å². The molecule has 1 fully saturated rings. The molecule has 4 rings (SSSR count). The van der Waals surface area contributed by atoms with E-state index in [-0.39, 0.29) is 59.7 Å². The average molecular weight is 686 g/mol. The Morgan fingerprint density at radius 3 is 2.02 bits per heavy atom. The van der Waals surface area contributed by atoms with Gasteiger partial charge in [0, 0.05) is 33.1 Å². The van der Waals surface area contributed by atoms with Gasteiger partial charge < -0.3 is 29.0 Å². The van der Waals surface area contributed by atoms with E-state index >= 15 is 0 Å². The topological polar surface area (TPSA) is 170 Å². The lowest BCUT2D eigenvalue weighted by atomic mass is 9.87. The first kappa shape index (κ1) is 36.2. The third-order valence-corrected chi connectivity index (χ3v) is 8.90. The number of rotatable bonds is 10.